The first-order chi connectivity index (χ1) is 12.5. The molecule has 134 valence electrons. The number of nitrogens with one attached hydrogen (secondary N) is 1. The lowest BCUT2D eigenvalue weighted by Crippen LogP contribution is -2.08. The summed E-state index contributed by atoms with van der Waals surface area (Å²) in [6.45, 7) is 1.98. The molecule has 3 aromatic rings. The van der Waals surface area contributed by atoms with E-state index < -0.39 is 10.0 Å². The third-order valence-corrected chi connectivity index (χ3v) is 5.91. The largest absolute Gasteiger partial charge is 0.333 e. The van der Waals surface area contributed by atoms with Crippen LogP contribution in [-0.2, 0) is 10.0 Å². The van der Waals surface area contributed by atoms with Crippen LogP contribution in [0.3, 0.4) is 0 Å². The molecule has 0 saturated heterocycles. The van der Waals surface area contributed by atoms with Crippen molar-refractivity contribution in [3.8, 4) is 10.8 Å². The van der Waals surface area contributed by atoms with Crippen LogP contribution in [0.2, 0.25) is 0 Å². The highest BCUT2D eigenvalue weighted by atomic mass is 32.2. The second-order valence-corrected chi connectivity index (χ2v) is 8.74. The van der Waals surface area contributed by atoms with Gasteiger partial charge in [-0.2, -0.15) is 4.98 Å². The molecule has 1 aromatic carbocycles. The molecule has 1 aliphatic rings. The summed E-state index contributed by atoms with van der Waals surface area (Å²) in [4.78, 5) is 5.01. The van der Waals surface area contributed by atoms with Gasteiger partial charge in [-0.05, 0) is 42.9 Å². The molecule has 2 aromatic heterocycles. The summed E-state index contributed by atoms with van der Waals surface area (Å²) >= 11 is 1.36. The van der Waals surface area contributed by atoms with Gasteiger partial charge in [0.1, 0.15) is 4.88 Å². The average Bonchev–Trinajstić information content (AvgIpc) is 3.17. The van der Waals surface area contributed by atoms with Gasteiger partial charge in [-0.3, -0.25) is 4.72 Å². The number of sulfonamides is 1. The van der Waals surface area contributed by atoms with Crippen molar-refractivity contribution in [3.05, 3.63) is 58.1 Å². The lowest BCUT2D eigenvalue weighted by atomic mass is 10.2. The normalized spacial score (nSPS) is 14.8. The molecule has 26 heavy (non-hydrogen) atoms. The van der Waals surface area contributed by atoms with Crippen molar-refractivity contribution in [3.63, 3.8) is 0 Å². The van der Waals surface area contributed by atoms with Gasteiger partial charge < -0.3 is 4.52 Å². The van der Waals surface area contributed by atoms with E-state index in [1.165, 1.54) is 11.3 Å². The van der Waals surface area contributed by atoms with Gasteiger partial charge in [0.25, 0.3) is 15.9 Å². The second kappa shape index (κ2) is 6.69. The summed E-state index contributed by atoms with van der Waals surface area (Å²) in [7, 11) is -3.65. The first kappa shape index (κ1) is 17.0. The minimum atomic E-state index is -3.65. The molecule has 0 atom stereocenters. The Hall–Kier alpha value is -2.45. The Morgan fingerprint density at radius 3 is 2.73 bits per heavy atom. The Labute approximate surface area is 155 Å². The summed E-state index contributed by atoms with van der Waals surface area (Å²) < 4.78 is 32.6. The van der Waals surface area contributed by atoms with Gasteiger partial charge in [0, 0.05) is 5.92 Å². The summed E-state index contributed by atoms with van der Waals surface area (Å²) in [6.07, 6.45) is 3.71. The van der Waals surface area contributed by atoms with Crippen LogP contribution in [0.1, 0.15) is 35.7 Å². The van der Waals surface area contributed by atoms with Gasteiger partial charge in [0.2, 0.25) is 0 Å². The molecule has 0 amide bonds. The molecule has 8 heteroatoms. The summed E-state index contributed by atoms with van der Waals surface area (Å²) in [5, 5.41) is 6.93. The van der Waals surface area contributed by atoms with Crippen LogP contribution >= 0.6 is 11.3 Å². The zero-order valence-electron chi connectivity index (χ0n) is 14.0. The van der Waals surface area contributed by atoms with Crippen LogP contribution in [0, 0.1) is 6.92 Å². The molecule has 1 N–H and O–H groups in total. The smallest absolute Gasteiger partial charge is 0.270 e. The fourth-order valence-electron chi connectivity index (χ4n) is 2.42. The van der Waals surface area contributed by atoms with Crippen LogP contribution in [0.15, 0.2) is 45.6 Å². The minimum absolute atomic E-state index is 0.349. The van der Waals surface area contributed by atoms with Gasteiger partial charge >= 0.3 is 0 Å². The van der Waals surface area contributed by atoms with E-state index in [0.717, 1.165) is 29.4 Å². The Bertz CT molecular complexity index is 1050. The second-order valence-electron chi connectivity index (χ2n) is 6.26. The van der Waals surface area contributed by atoms with Crippen molar-refractivity contribution in [1.29, 1.82) is 0 Å². The maximum Gasteiger partial charge on any atom is 0.270 e. The molecule has 1 fully saturated rings. The van der Waals surface area contributed by atoms with Gasteiger partial charge in [-0.1, -0.05) is 35.0 Å². The van der Waals surface area contributed by atoms with Crippen LogP contribution in [-0.4, -0.2) is 18.6 Å². The van der Waals surface area contributed by atoms with Crippen molar-refractivity contribution >= 4 is 33.1 Å². The van der Waals surface area contributed by atoms with Crippen LogP contribution in [0.25, 0.3) is 16.8 Å². The Morgan fingerprint density at radius 1 is 1.23 bits per heavy atom. The molecule has 6 nitrogen and oxygen atoms in total. The predicted octanol–water partition coefficient (Wildman–Crippen LogP) is 4.40. The van der Waals surface area contributed by atoms with Gasteiger partial charge in [0.05, 0.1) is 11.1 Å². The number of rotatable bonds is 6. The molecule has 0 aliphatic heterocycles. The topological polar surface area (TPSA) is 85.1 Å². The van der Waals surface area contributed by atoms with Gasteiger partial charge in [-0.25, -0.2) is 8.42 Å². The van der Waals surface area contributed by atoms with Crippen molar-refractivity contribution in [2.24, 2.45) is 0 Å². The molecule has 0 unspecified atom stereocenters. The van der Waals surface area contributed by atoms with E-state index in [9.17, 15) is 8.42 Å². The van der Waals surface area contributed by atoms with Crippen LogP contribution in [0.5, 0.6) is 0 Å². The van der Waals surface area contributed by atoms with Gasteiger partial charge in [0.15, 0.2) is 5.82 Å². The number of hydrogen-bond acceptors (Lipinski definition) is 6. The van der Waals surface area contributed by atoms with Crippen LogP contribution < -0.4 is 4.72 Å². The standard InChI is InChI=1S/C18H17N3O3S2/c1-12-2-4-13(5-3-12)9-11-26(22,23)21-15-8-10-25-16(15)18-19-17(20-24-18)14-6-7-14/h2-5,8-11,14,21H,6-7H2,1H3/b11-9+. The van der Waals surface area contributed by atoms with E-state index in [-0.39, 0.29) is 0 Å². The third kappa shape index (κ3) is 3.86. The highest BCUT2D eigenvalue weighted by Crippen LogP contribution is 2.40. The summed E-state index contributed by atoms with van der Waals surface area (Å²) in [5.41, 5.74) is 2.38. The molecule has 2 heterocycles. The Balaban J connectivity index is 1.53. The van der Waals surface area contributed by atoms with Crippen molar-refractivity contribution < 1.29 is 12.9 Å². The summed E-state index contributed by atoms with van der Waals surface area (Å²) in [6, 6.07) is 9.30. The number of benzene rings is 1. The molecule has 4 rings (SSSR count). The van der Waals surface area contributed by atoms with Crippen molar-refractivity contribution in [2.45, 2.75) is 25.7 Å². The quantitative estimate of drug-likeness (QED) is 0.678. The van der Waals surface area contributed by atoms with E-state index in [1.54, 1.807) is 17.5 Å². The summed E-state index contributed by atoms with van der Waals surface area (Å²) in [5.74, 6) is 1.42. The van der Waals surface area contributed by atoms with Crippen LogP contribution in [0.4, 0.5) is 5.69 Å². The maximum atomic E-state index is 12.4. The average molecular weight is 387 g/mol. The van der Waals surface area contributed by atoms with E-state index in [4.69, 9.17) is 4.52 Å². The molecular weight excluding hydrogens is 370 g/mol. The number of nitrogens with zero attached hydrogens (tertiary/aromatic N) is 2. The first-order valence-corrected chi connectivity index (χ1v) is 10.6. The predicted molar refractivity (Wildman–Crippen MR) is 102 cm³/mol. The zero-order chi connectivity index (χ0) is 18.1. The van der Waals surface area contributed by atoms with E-state index in [1.807, 2.05) is 31.2 Å². The Morgan fingerprint density at radius 2 is 2.00 bits per heavy atom. The maximum absolute atomic E-state index is 12.4. The number of hydrogen-bond donors (Lipinski definition) is 1. The van der Waals surface area contributed by atoms with Crippen molar-refractivity contribution in [2.75, 3.05) is 4.72 Å². The molecule has 0 bridgehead atoms. The lowest BCUT2D eigenvalue weighted by molar-refractivity contribution is 0.423. The van der Waals surface area contributed by atoms with E-state index >= 15 is 0 Å². The monoisotopic (exact) mass is 387 g/mol. The SMILES string of the molecule is Cc1ccc(/C=C/S(=O)(=O)Nc2ccsc2-c2nc(C3CC3)no2)cc1. The molecule has 1 saturated carbocycles. The number of thiophene rings is 1. The fourth-order valence-corrected chi connectivity index (χ4v) is 4.14. The molecule has 0 spiro atoms. The van der Waals surface area contributed by atoms with Gasteiger partial charge in [-0.15, -0.1) is 11.3 Å². The van der Waals surface area contributed by atoms with Crippen molar-refractivity contribution in [1.82, 2.24) is 10.1 Å². The lowest BCUT2D eigenvalue weighted by Gasteiger charge is -2.03. The molecule has 1 aliphatic carbocycles. The molecular formula is C18H17N3O3S2. The number of aryl methyl sites for hydroxylation is 1. The number of aromatic nitrogens is 2. The Kier molecular flexibility index (Phi) is 4.37. The first-order valence-electron chi connectivity index (χ1n) is 8.19. The number of anilines is 1. The minimum Gasteiger partial charge on any atom is -0.333 e. The molecule has 0 radical (unpaired) electrons. The van der Waals surface area contributed by atoms with E-state index in [0.29, 0.717) is 28.2 Å². The highest BCUT2D eigenvalue weighted by Gasteiger charge is 2.29. The fraction of sp³-hybridized carbons (Fsp3) is 0.222. The highest BCUT2D eigenvalue weighted by molar-refractivity contribution is 7.95. The zero-order valence-corrected chi connectivity index (χ0v) is 15.7. The van der Waals surface area contributed by atoms with E-state index in [2.05, 4.69) is 14.9 Å². The third-order valence-electron chi connectivity index (χ3n) is 4.01.